The molecule has 2 N–H and O–H groups in total. The molecule has 0 amide bonds. The maximum absolute atomic E-state index is 13.2. The summed E-state index contributed by atoms with van der Waals surface area (Å²) in [6.45, 7) is 3.18. The maximum Gasteiger partial charge on any atom is 0.129 e. The van der Waals surface area contributed by atoms with Crippen LogP contribution in [0.4, 0.5) is 10.2 Å². The third kappa shape index (κ3) is 3.54. The molecule has 4 heteroatoms. The highest BCUT2D eigenvalue weighted by Crippen LogP contribution is 2.17. The highest BCUT2D eigenvalue weighted by atomic mass is 19.1. The summed E-state index contributed by atoms with van der Waals surface area (Å²) in [6.07, 6.45) is 0.870. The first kappa shape index (κ1) is 14.5. The van der Waals surface area contributed by atoms with E-state index in [-0.39, 0.29) is 5.82 Å². The van der Waals surface area contributed by atoms with E-state index in [1.165, 1.54) is 6.07 Å². The summed E-state index contributed by atoms with van der Waals surface area (Å²) >= 11 is 0. The van der Waals surface area contributed by atoms with Crippen LogP contribution in [0.15, 0.2) is 36.4 Å². The monoisotopic (exact) mass is 273 g/mol. The molecular formula is C16H20FN3. The van der Waals surface area contributed by atoms with E-state index in [1.54, 1.807) is 12.1 Å². The van der Waals surface area contributed by atoms with Crippen LogP contribution in [-0.4, -0.2) is 12.0 Å². The number of halogens is 1. The molecule has 0 aliphatic rings. The van der Waals surface area contributed by atoms with Gasteiger partial charge in [0.2, 0.25) is 0 Å². The van der Waals surface area contributed by atoms with Crippen molar-refractivity contribution in [1.29, 1.82) is 0 Å². The summed E-state index contributed by atoms with van der Waals surface area (Å²) < 4.78 is 13.2. The number of rotatable bonds is 5. The molecule has 3 nitrogen and oxygen atoms in total. The van der Waals surface area contributed by atoms with Gasteiger partial charge in [0.25, 0.3) is 0 Å². The Labute approximate surface area is 119 Å². The average Bonchev–Trinajstić information content (AvgIpc) is 2.46. The average molecular weight is 273 g/mol. The number of hydrogen-bond acceptors (Lipinski definition) is 3. The van der Waals surface area contributed by atoms with E-state index in [1.807, 2.05) is 30.1 Å². The van der Waals surface area contributed by atoms with Crippen LogP contribution in [0.2, 0.25) is 0 Å². The molecule has 0 saturated heterocycles. The van der Waals surface area contributed by atoms with Crippen molar-refractivity contribution in [2.75, 3.05) is 11.9 Å². The van der Waals surface area contributed by atoms with Crippen molar-refractivity contribution in [3.63, 3.8) is 0 Å². The lowest BCUT2D eigenvalue weighted by Gasteiger charge is -2.20. The zero-order chi connectivity index (χ0) is 14.5. The number of pyridine rings is 1. The van der Waals surface area contributed by atoms with Crippen molar-refractivity contribution in [3.8, 4) is 0 Å². The zero-order valence-corrected chi connectivity index (χ0v) is 11.9. The molecule has 20 heavy (non-hydrogen) atoms. The maximum atomic E-state index is 13.2. The molecule has 0 saturated carbocycles. The third-order valence-electron chi connectivity index (χ3n) is 3.22. The smallest absolute Gasteiger partial charge is 0.129 e. The zero-order valence-electron chi connectivity index (χ0n) is 11.9. The van der Waals surface area contributed by atoms with E-state index in [9.17, 15) is 4.39 Å². The first-order valence-corrected chi connectivity index (χ1v) is 6.78. The molecule has 0 radical (unpaired) electrons. The Balaban J connectivity index is 2.22. The number of aryl methyl sites for hydroxylation is 1. The standard InChI is InChI=1S/C16H20FN3/c1-3-15-8-13(10-18)9-16(19-15)20(2)11-12-5-4-6-14(17)7-12/h4-9H,3,10-11,18H2,1-2H3. The van der Waals surface area contributed by atoms with Crippen molar-refractivity contribution in [2.24, 2.45) is 5.73 Å². The Morgan fingerprint density at radius 2 is 2.00 bits per heavy atom. The molecular weight excluding hydrogens is 253 g/mol. The number of nitrogens with zero attached hydrogens (tertiary/aromatic N) is 2. The van der Waals surface area contributed by atoms with E-state index in [0.717, 1.165) is 29.1 Å². The number of hydrogen-bond donors (Lipinski definition) is 1. The summed E-state index contributed by atoms with van der Waals surface area (Å²) in [4.78, 5) is 6.60. The number of anilines is 1. The Bertz CT molecular complexity index is 561. The summed E-state index contributed by atoms with van der Waals surface area (Å²) in [6, 6.07) is 10.6. The fourth-order valence-electron chi connectivity index (χ4n) is 2.12. The normalized spacial score (nSPS) is 10.6. The number of nitrogens with two attached hydrogens (primary N) is 1. The third-order valence-corrected chi connectivity index (χ3v) is 3.22. The molecule has 0 fully saturated rings. The van der Waals surface area contributed by atoms with Gasteiger partial charge in [0.05, 0.1) is 0 Å². The van der Waals surface area contributed by atoms with Gasteiger partial charge >= 0.3 is 0 Å². The molecule has 2 rings (SSSR count). The van der Waals surface area contributed by atoms with Gasteiger partial charge < -0.3 is 10.6 Å². The quantitative estimate of drug-likeness (QED) is 0.911. The van der Waals surface area contributed by atoms with Crippen LogP contribution in [0.5, 0.6) is 0 Å². The fourth-order valence-corrected chi connectivity index (χ4v) is 2.12. The fraction of sp³-hybridized carbons (Fsp3) is 0.312. The first-order chi connectivity index (χ1) is 9.62. The molecule has 106 valence electrons. The van der Waals surface area contributed by atoms with Crippen LogP contribution in [-0.2, 0) is 19.5 Å². The van der Waals surface area contributed by atoms with Gasteiger partial charge in [0.15, 0.2) is 0 Å². The minimum Gasteiger partial charge on any atom is -0.355 e. The largest absolute Gasteiger partial charge is 0.355 e. The van der Waals surface area contributed by atoms with Gasteiger partial charge in [0.1, 0.15) is 11.6 Å². The van der Waals surface area contributed by atoms with Crippen molar-refractivity contribution in [3.05, 3.63) is 59.0 Å². The van der Waals surface area contributed by atoms with Crippen LogP contribution in [0.25, 0.3) is 0 Å². The topological polar surface area (TPSA) is 42.1 Å². The summed E-state index contributed by atoms with van der Waals surface area (Å²) in [5, 5.41) is 0. The SMILES string of the molecule is CCc1cc(CN)cc(N(C)Cc2cccc(F)c2)n1. The molecule has 0 bridgehead atoms. The van der Waals surface area contributed by atoms with Crippen molar-refractivity contribution < 1.29 is 4.39 Å². The number of benzene rings is 1. The summed E-state index contributed by atoms with van der Waals surface area (Å²) in [7, 11) is 1.95. The van der Waals surface area contributed by atoms with E-state index in [2.05, 4.69) is 11.9 Å². The van der Waals surface area contributed by atoms with Crippen molar-refractivity contribution in [2.45, 2.75) is 26.4 Å². The lowest BCUT2D eigenvalue weighted by atomic mass is 10.1. The van der Waals surface area contributed by atoms with Gasteiger partial charge in [-0.25, -0.2) is 9.37 Å². The van der Waals surface area contributed by atoms with Gasteiger partial charge in [0, 0.05) is 25.8 Å². The summed E-state index contributed by atoms with van der Waals surface area (Å²) in [5.41, 5.74) is 8.73. The molecule has 0 unspecified atom stereocenters. The van der Waals surface area contributed by atoms with Crippen LogP contribution in [0, 0.1) is 5.82 Å². The van der Waals surface area contributed by atoms with Gasteiger partial charge in [-0.05, 0) is 41.8 Å². The van der Waals surface area contributed by atoms with Gasteiger partial charge in [-0.1, -0.05) is 19.1 Å². The first-order valence-electron chi connectivity index (χ1n) is 6.78. The van der Waals surface area contributed by atoms with Gasteiger partial charge in [-0.15, -0.1) is 0 Å². The Morgan fingerprint density at radius 1 is 1.20 bits per heavy atom. The van der Waals surface area contributed by atoms with Crippen molar-refractivity contribution in [1.82, 2.24) is 4.98 Å². The van der Waals surface area contributed by atoms with E-state index >= 15 is 0 Å². The predicted molar refractivity (Wildman–Crippen MR) is 80.0 cm³/mol. The lowest BCUT2D eigenvalue weighted by molar-refractivity contribution is 0.625. The van der Waals surface area contributed by atoms with Crippen molar-refractivity contribution >= 4 is 5.82 Å². The van der Waals surface area contributed by atoms with Crippen LogP contribution >= 0.6 is 0 Å². The summed E-state index contributed by atoms with van der Waals surface area (Å²) in [5.74, 6) is 0.655. The molecule has 0 aliphatic heterocycles. The lowest BCUT2D eigenvalue weighted by Crippen LogP contribution is -2.19. The van der Waals surface area contributed by atoms with Gasteiger partial charge in [-0.3, -0.25) is 0 Å². The van der Waals surface area contributed by atoms with E-state index < -0.39 is 0 Å². The van der Waals surface area contributed by atoms with Crippen LogP contribution in [0.1, 0.15) is 23.7 Å². The highest BCUT2D eigenvalue weighted by Gasteiger charge is 2.07. The molecule has 1 aromatic carbocycles. The van der Waals surface area contributed by atoms with E-state index in [4.69, 9.17) is 5.73 Å². The Kier molecular flexibility index (Phi) is 4.69. The molecule has 1 heterocycles. The predicted octanol–water partition coefficient (Wildman–Crippen LogP) is 2.88. The second-order valence-electron chi connectivity index (χ2n) is 4.87. The van der Waals surface area contributed by atoms with Crippen LogP contribution < -0.4 is 10.6 Å². The number of aromatic nitrogens is 1. The minimum absolute atomic E-state index is 0.214. The Hall–Kier alpha value is -1.94. The Morgan fingerprint density at radius 3 is 2.65 bits per heavy atom. The molecule has 1 aromatic heterocycles. The second kappa shape index (κ2) is 6.48. The second-order valence-corrected chi connectivity index (χ2v) is 4.87. The van der Waals surface area contributed by atoms with E-state index in [0.29, 0.717) is 13.1 Å². The van der Waals surface area contributed by atoms with Crippen LogP contribution in [0.3, 0.4) is 0 Å². The molecule has 2 aromatic rings. The van der Waals surface area contributed by atoms with Gasteiger partial charge in [-0.2, -0.15) is 0 Å². The highest BCUT2D eigenvalue weighted by molar-refractivity contribution is 5.43. The molecule has 0 aliphatic carbocycles. The molecule has 0 atom stereocenters. The molecule has 0 spiro atoms. The minimum atomic E-state index is -0.214.